The molecule has 514 valence electrons. The maximum atomic E-state index is 15.2. The lowest BCUT2D eigenvalue weighted by molar-refractivity contribution is -0.144. The zero-order valence-corrected chi connectivity index (χ0v) is 55.4. The standard InChI is InChI=1S/C71H87ClN14O11/c1-42(2)33-55(64(91)80-54(19-11-31-76-71(74)75)70(97)86-32-12-20-60(86)62(89)29-30-73)81-67(94)58(37-46-39-77-52-17-9-7-15-50(46)52)82-66(93)57(35-44-23-27-49(88)28-24-44)83-68(95)61(41-87)85(3)69(96)59(38-47-40-78-53-18-10-8-16-51(47)53)84-65(92)56(34-43-13-5-4-6-14-43)79-63(90)36-45-21-25-48(72)26-22-45/h4-10,13-18,21-28,39-40,42,54-61,77-78,87-88H,11-12,19-20,29-38,41,73H2,1-3H3,(H,79,90)(H,80,91)(H,81,94)(H,82,93)(H,83,95)(H,84,92)(H4,74,75,76)/t54-,55-,56-,57-,58+,59-,60-,61-/m0/s1. The number of aliphatic imine (C=N–C) groups is 1. The third kappa shape index (κ3) is 20.5. The summed E-state index contributed by atoms with van der Waals surface area (Å²) in [5.41, 5.74) is 21.4. The van der Waals surface area contributed by atoms with Gasteiger partial charge in [0.1, 0.15) is 48.0 Å². The number of H-pyrrole nitrogens is 2. The van der Waals surface area contributed by atoms with Crippen molar-refractivity contribution in [1.82, 2.24) is 51.7 Å². The van der Waals surface area contributed by atoms with E-state index in [1.165, 1.54) is 36.2 Å². The summed E-state index contributed by atoms with van der Waals surface area (Å²) in [7, 11) is 1.27. The Morgan fingerprint density at radius 2 is 1.13 bits per heavy atom. The highest BCUT2D eigenvalue weighted by Gasteiger charge is 2.40. The number of aromatic nitrogens is 2. The van der Waals surface area contributed by atoms with Crippen molar-refractivity contribution in [3.8, 4) is 5.75 Å². The van der Waals surface area contributed by atoms with Gasteiger partial charge in [-0.15, -0.1) is 0 Å². The van der Waals surface area contributed by atoms with E-state index in [0.29, 0.717) is 45.7 Å². The third-order valence-electron chi connectivity index (χ3n) is 17.2. The summed E-state index contributed by atoms with van der Waals surface area (Å²) in [6.07, 6.45) is 4.20. The molecule has 0 radical (unpaired) electrons. The molecule has 1 aliphatic rings. The Bertz CT molecular complexity index is 3900. The van der Waals surface area contributed by atoms with Crippen LogP contribution in [0.3, 0.4) is 0 Å². The molecule has 1 saturated heterocycles. The van der Waals surface area contributed by atoms with Crippen LogP contribution in [0.5, 0.6) is 5.75 Å². The number of halogens is 1. The molecule has 0 aliphatic carbocycles. The molecule has 1 fully saturated rings. The molecule has 2 aromatic heterocycles. The number of likely N-dealkylation sites (tertiary alicyclic amines) is 1. The number of likely N-dealkylation sites (N-methyl/N-ethyl adjacent to an activating group) is 1. The average molecular weight is 1350 g/mol. The van der Waals surface area contributed by atoms with E-state index in [1.54, 1.807) is 67.0 Å². The number of fused-ring (bicyclic) bond motifs is 2. The Kier molecular flexibility index (Phi) is 26.3. The van der Waals surface area contributed by atoms with Crippen LogP contribution in [-0.4, -0.2) is 171 Å². The van der Waals surface area contributed by atoms with Gasteiger partial charge >= 0.3 is 0 Å². The molecule has 0 unspecified atom stereocenters. The first-order chi connectivity index (χ1) is 46.6. The van der Waals surface area contributed by atoms with Crippen molar-refractivity contribution in [2.24, 2.45) is 28.1 Å². The molecular formula is C71H87ClN14O11. The number of carbonyl (C=O) groups excluding carboxylic acids is 9. The number of aliphatic hydroxyl groups is 1. The number of Topliss-reactive ketones (excluding diaryl/α,β-unsaturated/α-hetero) is 1. The first kappa shape index (κ1) is 72.7. The van der Waals surface area contributed by atoms with Gasteiger partial charge in [-0.25, -0.2) is 0 Å². The number of nitrogens with two attached hydrogens (primary N) is 3. The van der Waals surface area contributed by atoms with Crippen LogP contribution in [0.15, 0.2) is 145 Å². The molecule has 16 N–H and O–H groups in total. The van der Waals surface area contributed by atoms with Crippen molar-refractivity contribution in [3.05, 3.63) is 173 Å². The molecule has 0 spiro atoms. The van der Waals surface area contributed by atoms with Gasteiger partial charge in [0.25, 0.3) is 0 Å². The number of hydrogen-bond acceptors (Lipinski definition) is 13. The van der Waals surface area contributed by atoms with Gasteiger partial charge in [0, 0.05) is 91.5 Å². The Morgan fingerprint density at radius 3 is 1.72 bits per heavy atom. The molecule has 7 aromatic rings. The van der Waals surface area contributed by atoms with E-state index in [2.05, 4.69) is 46.9 Å². The fourth-order valence-corrected chi connectivity index (χ4v) is 12.2. The lowest BCUT2D eigenvalue weighted by Crippen LogP contribution is -2.61. The van der Waals surface area contributed by atoms with Crippen LogP contribution in [0.25, 0.3) is 21.8 Å². The molecule has 0 bridgehead atoms. The summed E-state index contributed by atoms with van der Waals surface area (Å²) >= 11 is 6.12. The van der Waals surface area contributed by atoms with E-state index in [9.17, 15) is 39.0 Å². The number of hydrogen-bond donors (Lipinski definition) is 13. The number of para-hydroxylation sites is 2. The summed E-state index contributed by atoms with van der Waals surface area (Å²) in [6, 6.07) is 25.5. The number of rotatable bonds is 34. The fourth-order valence-electron chi connectivity index (χ4n) is 12.1. The number of aliphatic hydroxyl groups excluding tert-OH is 1. The topological polar surface area (TPSA) is 395 Å². The molecule has 1 aliphatic heterocycles. The van der Waals surface area contributed by atoms with Crippen molar-refractivity contribution in [2.75, 3.05) is 33.3 Å². The number of benzene rings is 5. The molecule has 8 rings (SSSR count). The van der Waals surface area contributed by atoms with Gasteiger partial charge < -0.3 is 79.1 Å². The lowest BCUT2D eigenvalue weighted by atomic mass is 9.99. The number of aromatic amines is 2. The van der Waals surface area contributed by atoms with Gasteiger partial charge in [-0.2, -0.15) is 0 Å². The Balaban J connectivity index is 1.07. The number of carbonyl (C=O) groups is 9. The Labute approximate surface area is 567 Å². The second kappa shape index (κ2) is 35.0. The van der Waals surface area contributed by atoms with Crippen LogP contribution in [-0.2, 0) is 75.3 Å². The summed E-state index contributed by atoms with van der Waals surface area (Å²) in [4.78, 5) is 144. The van der Waals surface area contributed by atoms with Gasteiger partial charge in [0.05, 0.1) is 19.1 Å². The van der Waals surface area contributed by atoms with Crippen molar-refractivity contribution in [2.45, 2.75) is 133 Å². The fraction of sp³-hybridized carbons (Fsp3) is 0.380. The Morgan fingerprint density at radius 1 is 0.629 bits per heavy atom. The third-order valence-corrected chi connectivity index (χ3v) is 17.4. The van der Waals surface area contributed by atoms with Crippen LogP contribution in [0, 0.1) is 5.92 Å². The number of ketones is 1. The number of phenols is 1. The van der Waals surface area contributed by atoms with E-state index in [4.69, 9.17) is 28.8 Å². The SMILES string of the molecule is CC(C)C[C@H](NC(=O)[C@@H](Cc1c[nH]c2ccccc12)NC(=O)[C@H](Cc1ccc(O)cc1)NC(=O)[C@H](CO)N(C)C(=O)[C@H](Cc1c[nH]c2ccccc12)NC(=O)[C@H](Cc1ccccc1)NC(=O)Cc1ccc(Cl)cc1)C(=O)N[C@@H](CCCN=C(N)N)C(=O)N1CCC[C@H]1C(=O)CCN. The van der Waals surface area contributed by atoms with Gasteiger partial charge in [-0.1, -0.05) is 116 Å². The number of nitrogens with zero attached hydrogens (tertiary/aromatic N) is 3. The summed E-state index contributed by atoms with van der Waals surface area (Å²) in [5.74, 6) is -6.65. The molecule has 8 atom stereocenters. The summed E-state index contributed by atoms with van der Waals surface area (Å²) in [6.45, 7) is 3.19. The molecule has 8 amide bonds. The second-order valence-corrected chi connectivity index (χ2v) is 25.3. The molecule has 97 heavy (non-hydrogen) atoms. The number of phenolic OH excluding ortho intramolecular Hbond substituents is 1. The number of amides is 8. The maximum absolute atomic E-state index is 15.2. The molecule has 0 saturated carbocycles. The van der Waals surface area contributed by atoms with Crippen molar-refractivity contribution < 1.29 is 53.4 Å². The smallest absolute Gasteiger partial charge is 0.245 e. The minimum atomic E-state index is -1.71. The lowest BCUT2D eigenvalue weighted by Gasteiger charge is -2.32. The van der Waals surface area contributed by atoms with Gasteiger partial charge in [0.15, 0.2) is 11.7 Å². The average Bonchev–Trinajstić information content (AvgIpc) is 1.81. The van der Waals surface area contributed by atoms with Crippen LogP contribution >= 0.6 is 11.6 Å². The van der Waals surface area contributed by atoms with E-state index >= 15 is 14.4 Å². The monoisotopic (exact) mass is 1350 g/mol. The molecular weight excluding hydrogens is 1260 g/mol. The zero-order valence-electron chi connectivity index (χ0n) is 54.6. The van der Waals surface area contributed by atoms with Gasteiger partial charge in [-0.3, -0.25) is 48.1 Å². The predicted molar refractivity (Wildman–Crippen MR) is 369 cm³/mol. The summed E-state index contributed by atoms with van der Waals surface area (Å²) in [5, 5.41) is 40.4. The zero-order chi connectivity index (χ0) is 69.7. The summed E-state index contributed by atoms with van der Waals surface area (Å²) < 4.78 is 0. The number of aromatic hydroxyl groups is 1. The van der Waals surface area contributed by atoms with Gasteiger partial charge in [0.2, 0.25) is 47.3 Å². The number of nitrogens with one attached hydrogen (secondary N) is 8. The predicted octanol–water partition coefficient (Wildman–Crippen LogP) is 3.26. The van der Waals surface area contributed by atoms with E-state index in [1.807, 2.05) is 62.4 Å². The number of guanidine groups is 1. The normalized spacial score (nSPS) is 15.0. The highest BCUT2D eigenvalue weighted by Crippen LogP contribution is 2.25. The van der Waals surface area contributed by atoms with Crippen molar-refractivity contribution in [3.63, 3.8) is 0 Å². The molecule has 26 heteroatoms. The molecule has 5 aromatic carbocycles. The van der Waals surface area contributed by atoms with E-state index in [0.717, 1.165) is 26.7 Å². The minimum Gasteiger partial charge on any atom is -0.508 e. The van der Waals surface area contributed by atoms with Gasteiger partial charge in [-0.05, 0) is 109 Å². The first-order valence-corrected chi connectivity index (χ1v) is 32.9. The van der Waals surface area contributed by atoms with Crippen LogP contribution in [0.1, 0.15) is 80.2 Å². The minimum absolute atomic E-state index is 0.0278. The highest BCUT2D eigenvalue weighted by molar-refractivity contribution is 6.30. The van der Waals surface area contributed by atoms with E-state index in [-0.39, 0.29) is 101 Å². The van der Waals surface area contributed by atoms with Crippen molar-refractivity contribution >= 4 is 92.4 Å². The maximum Gasteiger partial charge on any atom is 0.245 e. The Hall–Kier alpha value is -10.1. The van der Waals surface area contributed by atoms with Crippen LogP contribution < -0.4 is 49.1 Å². The van der Waals surface area contributed by atoms with Crippen molar-refractivity contribution in [1.29, 1.82) is 0 Å². The second-order valence-electron chi connectivity index (χ2n) is 24.8. The molecule has 25 nitrogen and oxygen atoms in total. The quantitative estimate of drug-likeness (QED) is 0.0157. The van der Waals surface area contributed by atoms with Crippen LogP contribution in [0.2, 0.25) is 5.02 Å². The first-order valence-electron chi connectivity index (χ1n) is 32.5. The highest BCUT2D eigenvalue weighted by atomic mass is 35.5. The molecule has 3 heterocycles. The van der Waals surface area contributed by atoms with Crippen LogP contribution in [0.4, 0.5) is 0 Å². The largest absolute Gasteiger partial charge is 0.508 e. The van der Waals surface area contributed by atoms with E-state index < -0.39 is 102 Å².